The Morgan fingerprint density at radius 1 is 1.04 bits per heavy atom. The van der Waals surface area contributed by atoms with Crippen molar-refractivity contribution in [2.75, 3.05) is 0 Å². The van der Waals surface area contributed by atoms with E-state index in [1.54, 1.807) is 6.92 Å². The van der Waals surface area contributed by atoms with Gasteiger partial charge in [-0.3, -0.25) is 0 Å². The summed E-state index contributed by atoms with van der Waals surface area (Å²) in [7, 11) is 0. The summed E-state index contributed by atoms with van der Waals surface area (Å²) in [6, 6.07) is 8.31. The van der Waals surface area contributed by atoms with Crippen LogP contribution in [-0.2, 0) is 6.18 Å². The minimum Gasteiger partial charge on any atom is -0.469 e. The standard InChI is InChI=1S/C14H10F4N4O/c1-8(9-2-4-10(15)5-3-9)23-12-7-6-11-19-20-13(14(16,17)18)22(11)21-12/h2-8H,1H3/t8-/m1/s1. The van der Waals surface area contributed by atoms with E-state index in [1.165, 1.54) is 36.4 Å². The van der Waals surface area contributed by atoms with Crippen molar-refractivity contribution in [3.8, 4) is 5.88 Å². The number of nitrogens with zero attached hydrogens (tertiary/aromatic N) is 4. The molecule has 0 unspecified atom stereocenters. The maximum atomic E-state index is 12.9. The van der Waals surface area contributed by atoms with Crippen molar-refractivity contribution in [1.82, 2.24) is 19.8 Å². The van der Waals surface area contributed by atoms with E-state index < -0.39 is 18.1 Å². The minimum atomic E-state index is -4.67. The molecule has 0 saturated carbocycles. The smallest absolute Gasteiger partial charge is 0.453 e. The summed E-state index contributed by atoms with van der Waals surface area (Å²) in [5.74, 6) is -1.65. The van der Waals surface area contributed by atoms with Gasteiger partial charge in [-0.05, 0) is 30.7 Å². The zero-order valence-corrected chi connectivity index (χ0v) is 11.8. The van der Waals surface area contributed by atoms with Gasteiger partial charge >= 0.3 is 6.18 Å². The highest BCUT2D eigenvalue weighted by Crippen LogP contribution is 2.28. The topological polar surface area (TPSA) is 52.3 Å². The van der Waals surface area contributed by atoms with E-state index >= 15 is 0 Å². The molecule has 0 aliphatic rings. The summed E-state index contributed by atoms with van der Waals surface area (Å²) in [6.45, 7) is 1.68. The molecule has 0 fully saturated rings. The van der Waals surface area contributed by atoms with E-state index in [1.807, 2.05) is 0 Å². The highest BCUT2D eigenvalue weighted by molar-refractivity contribution is 5.38. The molecule has 0 aliphatic heterocycles. The number of benzene rings is 1. The van der Waals surface area contributed by atoms with Crippen LogP contribution in [0.1, 0.15) is 24.4 Å². The van der Waals surface area contributed by atoms with Gasteiger partial charge in [0.05, 0.1) is 0 Å². The van der Waals surface area contributed by atoms with Gasteiger partial charge in [0, 0.05) is 6.07 Å². The molecule has 5 nitrogen and oxygen atoms in total. The van der Waals surface area contributed by atoms with Crippen LogP contribution in [-0.4, -0.2) is 19.8 Å². The summed E-state index contributed by atoms with van der Waals surface area (Å²) in [5, 5.41) is 10.2. The molecule has 0 spiro atoms. The summed E-state index contributed by atoms with van der Waals surface area (Å²) in [5.41, 5.74) is 0.618. The Hall–Kier alpha value is -2.71. The third kappa shape index (κ3) is 3.08. The predicted octanol–water partition coefficient (Wildman–Crippen LogP) is 3.42. The molecule has 0 amide bonds. The maximum Gasteiger partial charge on any atom is 0.453 e. The molecule has 23 heavy (non-hydrogen) atoms. The quantitative estimate of drug-likeness (QED) is 0.692. The van der Waals surface area contributed by atoms with Crippen LogP contribution >= 0.6 is 0 Å². The highest BCUT2D eigenvalue weighted by Gasteiger charge is 2.37. The van der Waals surface area contributed by atoms with Gasteiger partial charge in [-0.2, -0.15) is 17.7 Å². The Kier molecular flexibility index (Phi) is 3.63. The average molecular weight is 326 g/mol. The molecule has 2 heterocycles. The normalized spacial score (nSPS) is 13.3. The molecule has 0 radical (unpaired) electrons. The van der Waals surface area contributed by atoms with Crippen molar-refractivity contribution in [2.24, 2.45) is 0 Å². The number of rotatable bonds is 3. The van der Waals surface area contributed by atoms with Crippen LogP contribution in [0, 0.1) is 5.82 Å². The third-order valence-corrected chi connectivity index (χ3v) is 3.13. The Morgan fingerprint density at radius 3 is 2.39 bits per heavy atom. The first-order valence-electron chi connectivity index (χ1n) is 6.56. The van der Waals surface area contributed by atoms with Crippen LogP contribution in [0.4, 0.5) is 17.6 Å². The lowest BCUT2D eigenvalue weighted by molar-refractivity contribution is -0.146. The monoisotopic (exact) mass is 326 g/mol. The lowest BCUT2D eigenvalue weighted by atomic mass is 10.1. The molecule has 0 saturated heterocycles. The molecule has 1 aromatic carbocycles. The maximum absolute atomic E-state index is 12.9. The summed E-state index contributed by atoms with van der Waals surface area (Å²) in [4.78, 5) is 0. The first kappa shape index (κ1) is 15.2. The minimum absolute atomic E-state index is 0.0281. The van der Waals surface area contributed by atoms with Crippen molar-refractivity contribution in [3.05, 3.63) is 53.6 Å². The molecule has 3 rings (SSSR count). The Bertz CT molecular complexity index is 829. The zero-order chi connectivity index (χ0) is 16.6. The number of hydrogen-bond acceptors (Lipinski definition) is 4. The second kappa shape index (κ2) is 5.49. The number of aromatic nitrogens is 4. The van der Waals surface area contributed by atoms with E-state index in [0.717, 1.165) is 0 Å². The molecule has 0 aliphatic carbocycles. The SMILES string of the molecule is C[C@@H](Oc1ccc2nnc(C(F)(F)F)n2n1)c1ccc(F)cc1. The molecular formula is C14H10F4N4O. The van der Waals surface area contributed by atoms with Crippen LogP contribution in [0.3, 0.4) is 0 Å². The summed E-state index contributed by atoms with van der Waals surface area (Å²) >= 11 is 0. The fraction of sp³-hybridized carbons (Fsp3) is 0.214. The number of alkyl halides is 3. The van der Waals surface area contributed by atoms with Gasteiger partial charge < -0.3 is 4.74 Å². The first-order chi connectivity index (χ1) is 10.8. The highest BCUT2D eigenvalue weighted by atomic mass is 19.4. The average Bonchev–Trinajstić information content (AvgIpc) is 2.91. The number of fused-ring (bicyclic) bond motifs is 1. The third-order valence-electron chi connectivity index (χ3n) is 3.13. The number of halogens is 4. The van der Waals surface area contributed by atoms with Crippen LogP contribution in [0.5, 0.6) is 5.88 Å². The molecule has 2 aromatic heterocycles. The molecular weight excluding hydrogens is 316 g/mol. The van der Waals surface area contributed by atoms with Gasteiger partial charge in [-0.25, -0.2) is 4.39 Å². The van der Waals surface area contributed by atoms with Crippen LogP contribution in [0.2, 0.25) is 0 Å². The molecule has 0 bridgehead atoms. The molecule has 0 N–H and O–H groups in total. The lowest BCUT2D eigenvalue weighted by Crippen LogP contribution is -2.13. The van der Waals surface area contributed by atoms with Crippen LogP contribution in [0.25, 0.3) is 5.65 Å². The van der Waals surface area contributed by atoms with Gasteiger partial charge in [0.25, 0.3) is 5.82 Å². The van der Waals surface area contributed by atoms with Gasteiger partial charge in [-0.1, -0.05) is 12.1 Å². The van der Waals surface area contributed by atoms with Gasteiger partial charge in [0.2, 0.25) is 5.88 Å². The predicted molar refractivity (Wildman–Crippen MR) is 71.2 cm³/mol. The Balaban J connectivity index is 1.89. The summed E-state index contributed by atoms with van der Waals surface area (Å²) in [6.07, 6.45) is -5.19. The fourth-order valence-corrected chi connectivity index (χ4v) is 1.99. The van der Waals surface area contributed by atoms with Crippen molar-refractivity contribution in [2.45, 2.75) is 19.2 Å². The van der Waals surface area contributed by atoms with Crippen LogP contribution in [0.15, 0.2) is 36.4 Å². The van der Waals surface area contributed by atoms with E-state index in [-0.39, 0.29) is 17.3 Å². The fourth-order valence-electron chi connectivity index (χ4n) is 1.99. The van der Waals surface area contributed by atoms with E-state index in [2.05, 4.69) is 15.3 Å². The van der Waals surface area contributed by atoms with Gasteiger partial charge in [0.15, 0.2) is 5.65 Å². The lowest BCUT2D eigenvalue weighted by Gasteiger charge is -2.14. The Morgan fingerprint density at radius 2 is 1.74 bits per heavy atom. The molecule has 9 heteroatoms. The first-order valence-corrected chi connectivity index (χ1v) is 6.56. The van der Waals surface area contributed by atoms with Crippen molar-refractivity contribution < 1.29 is 22.3 Å². The van der Waals surface area contributed by atoms with Crippen LogP contribution < -0.4 is 4.74 Å². The van der Waals surface area contributed by atoms with E-state index in [0.29, 0.717) is 10.1 Å². The largest absolute Gasteiger partial charge is 0.469 e. The molecule has 120 valence electrons. The second-order valence-corrected chi connectivity index (χ2v) is 4.77. The second-order valence-electron chi connectivity index (χ2n) is 4.77. The van der Waals surface area contributed by atoms with E-state index in [9.17, 15) is 17.6 Å². The van der Waals surface area contributed by atoms with Crippen molar-refractivity contribution in [1.29, 1.82) is 0 Å². The van der Waals surface area contributed by atoms with Gasteiger partial charge in [0.1, 0.15) is 11.9 Å². The Labute approximate surface area is 127 Å². The van der Waals surface area contributed by atoms with Crippen molar-refractivity contribution in [3.63, 3.8) is 0 Å². The number of hydrogen-bond donors (Lipinski definition) is 0. The van der Waals surface area contributed by atoms with E-state index in [4.69, 9.17) is 4.74 Å². The molecule has 1 atom stereocenters. The zero-order valence-electron chi connectivity index (χ0n) is 11.8. The molecule has 3 aromatic rings. The number of ether oxygens (including phenoxy) is 1. The van der Waals surface area contributed by atoms with Crippen molar-refractivity contribution >= 4 is 5.65 Å². The van der Waals surface area contributed by atoms with Gasteiger partial charge in [-0.15, -0.1) is 15.3 Å². The summed E-state index contributed by atoms with van der Waals surface area (Å²) < 4.78 is 57.4.